The van der Waals surface area contributed by atoms with Crippen molar-refractivity contribution in [2.24, 2.45) is 0 Å². The van der Waals surface area contributed by atoms with Gasteiger partial charge in [-0.1, -0.05) is 85.1 Å². The summed E-state index contributed by atoms with van der Waals surface area (Å²) in [5.74, 6) is 0.336. The molecule has 0 saturated carbocycles. The second-order valence-electron chi connectivity index (χ2n) is 5.13. The van der Waals surface area contributed by atoms with Crippen molar-refractivity contribution in [3.05, 3.63) is 95.1 Å². The van der Waals surface area contributed by atoms with E-state index in [1.807, 2.05) is 0 Å². The van der Waals surface area contributed by atoms with Crippen molar-refractivity contribution in [1.29, 1.82) is 0 Å². The van der Waals surface area contributed by atoms with Crippen LogP contribution >= 0.6 is 0 Å². The molecule has 0 nitrogen and oxygen atoms in total. The Labute approximate surface area is 178 Å². The first-order valence-corrected chi connectivity index (χ1v) is 7.30. The summed E-state index contributed by atoms with van der Waals surface area (Å²) >= 11 is 0. The van der Waals surface area contributed by atoms with Gasteiger partial charge in [0.25, 0.3) is 0 Å². The van der Waals surface area contributed by atoms with E-state index < -0.39 is 0 Å². The molecular weight excluding hydrogens is 394 g/mol. The largest absolute Gasteiger partial charge is 4.00 e. The second-order valence-corrected chi connectivity index (χ2v) is 5.13. The molecule has 0 bridgehead atoms. The molecule has 0 saturated heterocycles. The van der Waals surface area contributed by atoms with Gasteiger partial charge in [0.05, 0.1) is 0 Å². The minimum absolute atomic E-state index is 0. The van der Waals surface area contributed by atoms with Gasteiger partial charge in [0.2, 0.25) is 0 Å². The average Bonchev–Trinajstić information content (AvgIpc) is 2.98. The quantitative estimate of drug-likeness (QED) is 0.358. The van der Waals surface area contributed by atoms with E-state index >= 15 is 0 Å². The maximum absolute atomic E-state index is 3.50. The van der Waals surface area contributed by atoms with Crippen LogP contribution in [0.5, 0.6) is 0 Å². The molecule has 1 aliphatic rings. The van der Waals surface area contributed by atoms with E-state index in [9.17, 15) is 0 Å². The van der Waals surface area contributed by atoms with Gasteiger partial charge in [0, 0.05) is 0 Å². The van der Waals surface area contributed by atoms with Crippen molar-refractivity contribution < 1.29 is 58.9 Å². The van der Waals surface area contributed by atoms with Crippen LogP contribution in [0.3, 0.4) is 0 Å². The molecule has 124 valence electrons. The fourth-order valence-electron chi connectivity index (χ4n) is 2.97. The zero-order valence-corrected chi connectivity index (χ0v) is 17.3. The summed E-state index contributed by atoms with van der Waals surface area (Å²) in [4.78, 5) is 0. The number of rotatable bonds is 4. The van der Waals surface area contributed by atoms with E-state index in [1.54, 1.807) is 0 Å². The SMILES string of the molecule is CCC1=[C-]CC=C1C(c1ccccc1)c1ccccc1.[Cl-].[Cl-].[Cl-].[Ti+4]. The third-order valence-electron chi connectivity index (χ3n) is 3.92. The molecule has 0 fully saturated rings. The van der Waals surface area contributed by atoms with Crippen LogP contribution in [0.1, 0.15) is 36.8 Å². The first kappa shape index (κ1) is 25.7. The monoisotopic (exact) mass is 412 g/mol. The minimum atomic E-state index is 0. The molecule has 4 heteroatoms. The first-order valence-electron chi connectivity index (χ1n) is 7.30. The number of benzene rings is 2. The van der Waals surface area contributed by atoms with E-state index in [2.05, 4.69) is 79.7 Å². The van der Waals surface area contributed by atoms with Crippen LogP contribution in [-0.2, 0) is 21.7 Å². The third-order valence-corrected chi connectivity index (χ3v) is 3.92. The normalized spacial score (nSPS) is 11.9. The van der Waals surface area contributed by atoms with Gasteiger partial charge in [0.15, 0.2) is 0 Å². The van der Waals surface area contributed by atoms with Crippen LogP contribution in [0.15, 0.2) is 77.9 Å². The van der Waals surface area contributed by atoms with Crippen LogP contribution in [0.2, 0.25) is 0 Å². The molecular formula is C20H19Cl3Ti. The molecule has 0 atom stereocenters. The maximum Gasteiger partial charge on any atom is 4.00 e. The summed E-state index contributed by atoms with van der Waals surface area (Å²) < 4.78 is 0. The standard InChI is InChI=1S/C20H19.3ClH.Ti/c1-2-16-14-9-15-19(16)20(17-10-5-3-6-11-17)18-12-7-4-8-13-18;;;;/h3-8,10-13,15,20H,2,9H2,1H3;3*1H;/q-1;;;;+4/p-3. The van der Waals surface area contributed by atoms with Crippen molar-refractivity contribution in [3.63, 3.8) is 0 Å². The summed E-state index contributed by atoms with van der Waals surface area (Å²) in [7, 11) is 0. The molecule has 2 aromatic rings. The smallest absolute Gasteiger partial charge is 1.00 e. The van der Waals surface area contributed by atoms with Crippen LogP contribution in [0.25, 0.3) is 0 Å². The second kappa shape index (κ2) is 12.8. The summed E-state index contributed by atoms with van der Waals surface area (Å²) in [6.45, 7) is 2.22. The van der Waals surface area contributed by atoms with Gasteiger partial charge >= 0.3 is 21.7 Å². The Morgan fingerprint density at radius 1 is 0.833 bits per heavy atom. The summed E-state index contributed by atoms with van der Waals surface area (Å²) in [6, 6.07) is 21.6. The Morgan fingerprint density at radius 3 is 1.71 bits per heavy atom. The zero-order valence-electron chi connectivity index (χ0n) is 13.5. The van der Waals surface area contributed by atoms with Gasteiger partial charge in [-0.05, 0) is 5.92 Å². The van der Waals surface area contributed by atoms with Gasteiger partial charge in [-0.15, -0.1) is 6.42 Å². The Balaban J connectivity index is 0. The van der Waals surface area contributed by atoms with E-state index in [-0.39, 0.29) is 58.9 Å². The van der Waals surface area contributed by atoms with Crippen molar-refractivity contribution in [1.82, 2.24) is 0 Å². The molecule has 0 heterocycles. The topological polar surface area (TPSA) is 0 Å². The van der Waals surface area contributed by atoms with Gasteiger partial charge in [-0.2, -0.15) is 11.6 Å². The molecule has 0 amide bonds. The van der Waals surface area contributed by atoms with Crippen LogP contribution in [-0.4, -0.2) is 0 Å². The van der Waals surface area contributed by atoms with E-state index in [4.69, 9.17) is 0 Å². The number of hydrogen-bond acceptors (Lipinski definition) is 0. The average molecular weight is 414 g/mol. The summed E-state index contributed by atoms with van der Waals surface area (Å²) in [5.41, 5.74) is 5.53. The predicted octanol–water partition coefficient (Wildman–Crippen LogP) is -3.70. The van der Waals surface area contributed by atoms with Crippen molar-refractivity contribution in [2.75, 3.05) is 0 Å². The molecule has 0 radical (unpaired) electrons. The number of allylic oxidation sites excluding steroid dienone is 4. The fraction of sp³-hybridized carbons (Fsp3) is 0.200. The molecule has 0 spiro atoms. The van der Waals surface area contributed by atoms with E-state index in [0.717, 1.165) is 12.8 Å². The molecule has 0 aromatic heterocycles. The van der Waals surface area contributed by atoms with Crippen LogP contribution in [0.4, 0.5) is 0 Å². The van der Waals surface area contributed by atoms with Crippen molar-refractivity contribution in [3.8, 4) is 0 Å². The molecule has 2 aromatic carbocycles. The fourth-order valence-corrected chi connectivity index (χ4v) is 2.97. The third kappa shape index (κ3) is 5.79. The van der Waals surface area contributed by atoms with Crippen LogP contribution in [0, 0.1) is 6.08 Å². The Morgan fingerprint density at radius 2 is 1.29 bits per heavy atom. The van der Waals surface area contributed by atoms with Gasteiger partial charge in [-0.3, -0.25) is 6.08 Å². The number of halogens is 3. The van der Waals surface area contributed by atoms with Gasteiger partial charge in [-0.25, -0.2) is 5.57 Å². The zero-order chi connectivity index (χ0) is 13.8. The van der Waals surface area contributed by atoms with Gasteiger partial charge < -0.3 is 37.2 Å². The van der Waals surface area contributed by atoms with E-state index in [1.165, 1.54) is 22.3 Å². The Hall–Kier alpha value is -0.496. The molecule has 24 heavy (non-hydrogen) atoms. The molecule has 1 aliphatic carbocycles. The Bertz CT molecular complexity index is 597. The van der Waals surface area contributed by atoms with Gasteiger partial charge in [0.1, 0.15) is 0 Å². The summed E-state index contributed by atoms with van der Waals surface area (Å²) in [5, 5.41) is 0. The Kier molecular flexibility index (Phi) is 13.7. The number of hydrogen-bond donors (Lipinski definition) is 0. The molecule has 3 rings (SSSR count). The van der Waals surface area contributed by atoms with Crippen molar-refractivity contribution in [2.45, 2.75) is 25.7 Å². The molecule has 0 aliphatic heterocycles. The van der Waals surface area contributed by atoms with Crippen LogP contribution < -0.4 is 37.2 Å². The summed E-state index contributed by atoms with van der Waals surface area (Å²) in [6.07, 6.45) is 7.85. The van der Waals surface area contributed by atoms with Crippen molar-refractivity contribution >= 4 is 0 Å². The predicted molar refractivity (Wildman–Crippen MR) is 84.5 cm³/mol. The maximum atomic E-state index is 3.50. The minimum Gasteiger partial charge on any atom is -1.00 e. The van der Waals surface area contributed by atoms with E-state index in [0.29, 0.717) is 5.92 Å². The molecule has 0 N–H and O–H groups in total. The first-order chi connectivity index (χ1) is 9.90. The molecule has 0 unspecified atom stereocenters.